The first-order chi connectivity index (χ1) is 8.91. The number of aryl methyl sites for hydroxylation is 2. The Balaban J connectivity index is 2.42. The van der Waals surface area contributed by atoms with Crippen molar-refractivity contribution in [3.63, 3.8) is 0 Å². The summed E-state index contributed by atoms with van der Waals surface area (Å²) in [4.78, 5) is 12.1. The second kappa shape index (κ2) is 4.97. The van der Waals surface area contributed by atoms with Gasteiger partial charge in [-0.2, -0.15) is 0 Å². The summed E-state index contributed by atoms with van der Waals surface area (Å²) in [5.41, 5.74) is 2.11. The summed E-state index contributed by atoms with van der Waals surface area (Å²) in [5.74, 6) is 0. The molecule has 0 N–H and O–H groups in total. The number of hydrogen-bond acceptors (Lipinski definition) is 3. The van der Waals surface area contributed by atoms with Gasteiger partial charge in [0.25, 0.3) is 5.12 Å². The average molecular weight is 274 g/mol. The van der Waals surface area contributed by atoms with Gasteiger partial charge in [0.1, 0.15) is 0 Å². The van der Waals surface area contributed by atoms with Gasteiger partial charge in [-0.15, -0.1) is 0 Å². The molecule has 98 valence electrons. The van der Waals surface area contributed by atoms with Crippen LogP contribution in [0.15, 0.2) is 53.4 Å². The van der Waals surface area contributed by atoms with Gasteiger partial charge in [0.05, 0.1) is 4.90 Å². The molecule has 0 fully saturated rings. The van der Waals surface area contributed by atoms with Crippen LogP contribution in [0.4, 0.5) is 0 Å². The number of sulfone groups is 1. The zero-order valence-electron chi connectivity index (χ0n) is 10.8. The van der Waals surface area contributed by atoms with Crippen LogP contribution in [0.1, 0.15) is 21.5 Å². The molecule has 0 atom stereocenters. The number of hydrogen-bond donors (Lipinski definition) is 0. The SMILES string of the molecule is Cc1ccc(C(=O)S(=O)(=O)c2ccc(C)cc2)cc1. The zero-order valence-corrected chi connectivity index (χ0v) is 11.6. The third-order valence-corrected chi connectivity index (χ3v) is 4.48. The van der Waals surface area contributed by atoms with E-state index in [1.54, 1.807) is 24.3 Å². The van der Waals surface area contributed by atoms with Gasteiger partial charge in [-0.05, 0) is 26.0 Å². The maximum absolute atomic E-state index is 12.2. The van der Waals surface area contributed by atoms with E-state index >= 15 is 0 Å². The molecule has 0 aromatic heterocycles. The molecule has 4 heteroatoms. The fourth-order valence-electron chi connectivity index (χ4n) is 1.67. The van der Waals surface area contributed by atoms with Gasteiger partial charge in [0, 0.05) is 5.56 Å². The van der Waals surface area contributed by atoms with Crippen molar-refractivity contribution in [1.82, 2.24) is 0 Å². The predicted octanol–water partition coefficient (Wildman–Crippen LogP) is 2.92. The van der Waals surface area contributed by atoms with Crippen LogP contribution in [0.25, 0.3) is 0 Å². The normalized spacial score (nSPS) is 11.3. The third-order valence-electron chi connectivity index (χ3n) is 2.86. The molecule has 19 heavy (non-hydrogen) atoms. The van der Waals surface area contributed by atoms with E-state index in [2.05, 4.69) is 0 Å². The van der Waals surface area contributed by atoms with E-state index in [0.29, 0.717) is 0 Å². The van der Waals surface area contributed by atoms with Gasteiger partial charge in [-0.3, -0.25) is 4.79 Å². The molecule has 0 aliphatic carbocycles. The van der Waals surface area contributed by atoms with Crippen molar-refractivity contribution in [3.8, 4) is 0 Å². The van der Waals surface area contributed by atoms with Crippen LogP contribution in [-0.2, 0) is 9.84 Å². The summed E-state index contributed by atoms with van der Waals surface area (Å²) in [6, 6.07) is 12.8. The van der Waals surface area contributed by atoms with Gasteiger partial charge < -0.3 is 0 Å². The summed E-state index contributed by atoms with van der Waals surface area (Å²) < 4.78 is 24.4. The van der Waals surface area contributed by atoms with Crippen LogP contribution in [0.5, 0.6) is 0 Å². The number of rotatable bonds is 2. The standard InChI is InChI=1S/C15H14O3S/c1-11-3-7-13(8-4-11)15(16)19(17,18)14-9-5-12(2)6-10-14/h3-10H,1-2H3. The van der Waals surface area contributed by atoms with Crippen molar-refractivity contribution < 1.29 is 13.2 Å². The highest BCUT2D eigenvalue weighted by Crippen LogP contribution is 2.17. The number of carbonyl (C=O) groups is 1. The molecule has 0 aliphatic rings. The molecule has 2 rings (SSSR count). The molecular formula is C15H14O3S. The molecule has 0 unspecified atom stereocenters. The molecule has 0 bridgehead atoms. The van der Waals surface area contributed by atoms with E-state index in [4.69, 9.17) is 0 Å². The Morgan fingerprint density at radius 1 is 0.789 bits per heavy atom. The predicted molar refractivity (Wildman–Crippen MR) is 73.9 cm³/mol. The maximum atomic E-state index is 12.2. The molecule has 0 saturated heterocycles. The van der Waals surface area contributed by atoms with Crippen molar-refractivity contribution in [2.24, 2.45) is 0 Å². The van der Waals surface area contributed by atoms with Crippen molar-refractivity contribution in [2.75, 3.05) is 0 Å². The van der Waals surface area contributed by atoms with Crippen LogP contribution in [-0.4, -0.2) is 13.5 Å². The smallest absolute Gasteiger partial charge is 0.276 e. The van der Waals surface area contributed by atoms with E-state index in [9.17, 15) is 13.2 Å². The summed E-state index contributed by atoms with van der Waals surface area (Å²) in [6.45, 7) is 3.74. The van der Waals surface area contributed by atoms with E-state index in [1.165, 1.54) is 24.3 Å². The molecule has 0 radical (unpaired) electrons. The largest absolute Gasteiger partial charge is 0.281 e. The van der Waals surface area contributed by atoms with Crippen molar-refractivity contribution in [1.29, 1.82) is 0 Å². The second-order valence-electron chi connectivity index (χ2n) is 4.47. The first kappa shape index (κ1) is 13.5. The van der Waals surface area contributed by atoms with E-state index < -0.39 is 15.0 Å². The van der Waals surface area contributed by atoms with Crippen molar-refractivity contribution in [2.45, 2.75) is 18.7 Å². The minimum absolute atomic E-state index is 0.0312. The van der Waals surface area contributed by atoms with Gasteiger partial charge >= 0.3 is 0 Å². The molecule has 0 amide bonds. The van der Waals surface area contributed by atoms with Crippen LogP contribution in [0.3, 0.4) is 0 Å². The lowest BCUT2D eigenvalue weighted by atomic mass is 10.2. The zero-order chi connectivity index (χ0) is 14.0. The van der Waals surface area contributed by atoms with E-state index in [-0.39, 0.29) is 10.5 Å². The fraction of sp³-hybridized carbons (Fsp3) is 0.133. The van der Waals surface area contributed by atoms with Crippen LogP contribution in [0, 0.1) is 13.8 Å². The Hall–Kier alpha value is -1.94. The quantitative estimate of drug-likeness (QED) is 0.846. The third kappa shape index (κ3) is 2.74. The number of carbonyl (C=O) groups excluding carboxylic acids is 1. The second-order valence-corrected chi connectivity index (χ2v) is 6.32. The topological polar surface area (TPSA) is 51.2 Å². The summed E-state index contributed by atoms with van der Waals surface area (Å²) >= 11 is 0. The van der Waals surface area contributed by atoms with Crippen LogP contribution in [0.2, 0.25) is 0 Å². The summed E-state index contributed by atoms with van der Waals surface area (Å²) in [6.07, 6.45) is 0. The Labute approximate surface area is 112 Å². The summed E-state index contributed by atoms with van der Waals surface area (Å²) in [5, 5.41) is -0.864. The Morgan fingerprint density at radius 3 is 1.68 bits per heavy atom. The highest BCUT2D eigenvalue weighted by molar-refractivity contribution is 8.06. The van der Waals surface area contributed by atoms with Crippen LogP contribution < -0.4 is 0 Å². The van der Waals surface area contributed by atoms with Gasteiger partial charge in [-0.1, -0.05) is 47.5 Å². The molecule has 3 nitrogen and oxygen atoms in total. The first-order valence-corrected chi connectivity index (χ1v) is 7.32. The maximum Gasteiger partial charge on any atom is 0.281 e. The fourth-order valence-corrected chi connectivity index (χ4v) is 2.82. The minimum Gasteiger partial charge on any atom is -0.276 e. The van der Waals surface area contributed by atoms with Gasteiger partial charge in [0.15, 0.2) is 0 Å². The molecule has 0 spiro atoms. The highest BCUT2D eigenvalue weighted by Gasteiger charge is 2.25. The molecule has 2 aromatic rings. The molecule has 0 aliphatic heterocycles. The lowest BCUT2D eigenvalue weighted by molar-refractivity contribution is 0.107. The first-order valence-electron chi connectivity index (χ1n) is 5.84. The average Bonchev–Trinajstić information content (AvgIpc) is 2.39. The lowest BCUT2D eigenvalue weighted by Gasteiger charge is -2.04. The molecule has 2 aromatic carbocycles. The highest BCUT2D eigenvalue weighted by atomic mass is 32.2. The number of benzene rings is 2. The van der Waals surface area contributed by atoms with E-state index in [0.717, 1.165) is 11.1 Å². The molecule has 0 heterocycles. The van der Waals surface area contributed by atoms with Crippen LogP contribution >= 0.6 is 0 Å². The van der Waals surface area contributed by atoms with Gasteiger partial charge in [0.2, 0.25) is 9.84 Å². The van der Waals surface area contributed by atoms with Crippen molar-refractivity contribution in [3.05, 3.63) is 65.2 Å². The van der Waals surface area contributed by atoms with Gasteiger partial charge in [-0.25, -0.2) is 8.42 Å². The summed E-state index contributed by atoms with van der Waals surface area (Å²) in [7, 11) is -3.96. The minimum atomic E-state index is -3.96. The monoisotopic (exact) mass is 274 g/mol. The Morgan fingerprint density at radius 2 is 1.21 bits per heavy atom. The Bertz CT molecular complexity index is 696. The van der Waals surface area contributed by atoms with Crippen molar-refractivity contribution >= 4 is 15.0 Å². The Kier molecular flexibility index (Phi) is 3.53. The lowest BCUT2D eigenvalue weighted by Crippen LogP contribution is -2.15. The molecule has 0 saturated carbocycles. The van der Waals surface area contributed by atoms with E-state index in [1.807, 2.05) is 13.8 Å². The molecular weight excluding hydrogens is 260 g/mol.